The maximum Gasteiger partial charge on any atom is 0.326 e. The number of likely N-dealkylation sites (tertiary alicyclic amines) is 1. The van der Waals surface area contributed by atoms with Crippen molar-refractivity contribution in [1.29, 1.82) is 0 Å². The zero-order valence-corrected chi connectivity index (χ0v) is 16.6. The Morgan fingerprint density at radius 3 is 2.53 bits per heavy atom. The molecule has 6 heteroatoms. The predicted molar refractivity (Wildman–Crippen MR) is 117 cm³/mol. The van der Waals surface area contributed by atoms with Crippen molar-refractivity contribution in [3.05, 3.63) is 77.2 Å². The largest absolute Gasteiger partial charge is 0.484 e. The number of aromatic amines is 1. The lowest BCUT2D eigenvalue weighted by molar-refractivity contribution is -0.134. The van der Waals surface area contributed by atoms with Crippen LogP contribution in [0.2, 0.25) is 0 Å². The third-order valence-corrected chi connectivity index (χ3v) is 5.89. The second-order valence-electron chi connectivity index (χ2n) is 7.73. The highest BCUT2D eigenvalue weighted by atomic mass is 16.5. The molecule has 1 fully saturated rings. The fraction of sp³-hybridized carbons (Fsp3) is 0.250. The van der Waals surface area contributed by atoms with E-state index in [0.717, 1.165) is 34.6 Å². The molecule has 1 saturated heterocycles. The van der Waals surface area contributed by atoms with Crippen molar-refractivity contribution in [1.82, 2.24) is 14.5 Å². The van der Waals surface area contributed by atoms with Gasteiger partial charge in [-0.3, -0.25) is 9.36 Å². The summed E-state index contributed by atoms with van der Waals surface area (Å²) in [7, 11) is 0. The molecule has 0 bridgehead atoms. The summed E-state index contributed by atoms with van der Waals surface area (Å²) in [4.78, 5) is 29.8. The fourth-order valence-electron chi connectivity index (χ4n) is 4.30. The Balaban J connectivity index is 1.21. The van der Waals surface area contributed by atoms with E-state index >= 15 is 0 Å². The SMILES string of the molecule is O=C(COc1ccc2ccccc2c1)N1CCC(n2c(=O)[nH]c3ccccc32)CC1. The molecule has 1 N–H and O–H groups in total. The number of imidazole rings is 1. The number of rotatable bonds is 4. The third kappa shape index (κ3) is 3.45. The number of carbonyl (C=O) groups excluding carboxylic acids is 1. The van der Waals surface area contributed by atoms with Crippen LogP contribution in [0.4, 0.5) is 0 Å². The summed E-state index contributed by atoms with van der Waals surface area (Å²) in [6, 6.07) is 21.7. The number of hydrogen-bond donors (Lipinski definition) is 1. The standard InChI is InChI=1S/C24H23N3O3/c28-23(16-30-20-10-9-17-5-1-2-6-18(17)15-20)26-13-11-19(12-14-26)27-22-8-4-3-7-21(22)25-24(27)29/h1-10,15,19H,11-14,16H2,(H,25,29). The molecule has 152 valence electrons. The van der Waals surface area contributed by atoms with Gasteiger partial charge in [0.1, 0.15) is 5.75 Å². The van der Waals surface area contributed by atoms with Crippen molar-refractivity contribution < 1.29 is 9.53 Å². The van der Waals surface area contributed by atoms with Crippen LogP contribution in [0.25, 0.3) is 21.8 Å². The number of benzene rings is 3. The minimum Gasteiger partial charge on any atom is -0.484 e. The van der Waals surface area contributed by atoms with Gasteiger partial charge in [-0.1, -0.05) is 42.5 Å². The number of carbonyl (C=O) groups is 1. The number of nitrogens with zero attached hydrogens (tertiary/aromatic N) is 2. The van der Waals surface area contributed by atoms with Crippen molar-refractivity contribution in [3.63, 3.8) is 0 Å². The molecule has 2 heterocycles. The second kappa shape index (κ2) is 7.71. The molecule has 0 saturated carbocycles. The van der Waals surface area contributed by atoms with E-state index in [-0.39, 0.29) is 24.2 Å². The van der Waals surface area contributed by atoms with Crippen LogP contribution in [0.3, 0.4) is 0 Å². The minimum atomic E-state index is -0.0828. The first-order valence-corrected chi connectivity index (χ1v) is 10.3. The van der Waals surface area contributed by atoms with Crippen molar-refractivity contribution in [2.75, 3.05) is 19.7 Å². The lowest BCUT2D eigenvalue weighted by Gasteiger charge is -2.32. The molecule has 0 unspecified atom stereocenters. The summed E-state index contributed by atoms with van der Waals surface area (Å²) >= 11 is 0. The third-order valence-electron chi connectivity index (χ3n) is 5.89. The summed E-state index contributed by atoms with van der Waals surface area (Å²) in [5.74, 6) is 0.676. The number of amides is 1. The van der Waals surface area contributed by atoms with Crippen LogP contribution < -0.4 is 10.4 Å². The average molecular weight is 401 g/mol. The molecule has 0 aliphatic carbocycles. The highest BCUT2D eigenvalue weighted by Crippen LogP contribution is 2.25. The van der Waals surface area contributed by atoms with Crippen LogP contribution >= 0.6 is 0 Å². The van der Waals surface area contributed by atoms with Crippen molar-refractivity contribution >= 4 is 27.7 Å². The minimum absolute atomic E-state index is 0.0205. The maximum atomic E-state index is 12.6. The molecule has 3 aromatic carbocycles. The summed E-state index contributed by atoms with van der Waals surface area (Å²) in [6.45, 7) is 1.27. The average Bonchev–Trinajstić information content (AvgIpc) is 3.13. The van der Waals surface area contributed by atoms with Crippen LogP contribution in [-0.4, -0.2) is 40.1 Å². The Labute approximate surface area is 173 Å². The summed E-state index contributed by atoms with van der Waals surface area (Å²) in [6.07, 6.45) is 1.51. The van der Waals surface area contributed by atoms with Crippen LogP contribution in [0.5, 0.6) is 5.75 Å². The molecule has 1 aliphatic rings. The number of para-hydroxylation sites is 2. The monoisotopic (exact) mass is 401 g/mol. The van der Waals surface area contributed by atoms with E-state index in [1.54, 1.807) is 0 Å². The van der Waals surface area contributed by atoms with E-state index in [4.69, 9.17) is 4.74 Å². The van der Waals surface area contributed by atoms with E-state index in [2.05, 4.69) is 4.98 Å². The highest BCUT2D eigenvalue weighted by molar-refractivity contribution is 5.84. The number of aromatic nitrogens is 2. The van der Waals surface area contributed by atoms with E-state index < -0.39 is 0 Å². The van der Waals surface area contributed by atoms with Gasteiger partial charge >= 0.3 is 5.69 Å². The fourth-order valence-corrected chi connectivity index (χ4v) is 4.30. The number of H-pyrrole nitrogens is 1. The van der Waals surface area contributed by atoms with Gasteiger partial charge < -0.3 is 14.6 Å². The summed E-state index contributed by atoms with van der Waals surface area (Å²) in [5.41, 5.74) is 1.69. The number of hydrogen-bond acceptors (Lipinski definition) is 3. The van der Waals surface area contributed by atoms with Gasteiger partial charge in [0.15, 0.2) is 6.61 Å². The molecule has 1 aliphatic heterocycles. The Bertz CT molecular complexity index is 1270. The zero-order chi connectivity index (χ0) is 20.5. The van der Waals surface area contributed by atoms with E-state index in [1.165, 1.54) is 0 Å². The Hall–Kier alpha value is -3.54. The second-order valence-corrected chi connectivity index (χ2v) is 7.73. The summed E-state index contributed by atoms with van der Waals surface area (Å²) < 4.78 is 7.59. The van der Waals surface area contributed by atoms with Crippen LogP contribution in [-0.2, 0) is 4.79 Å². The van der Waals surface area contributed by atoms with Crippen molar-refractivity contribution in [2.45, 2.75) is 18.9 Å². The Morgan fingerprint density at radius 1 is 0.967 bits per heavy atom. The van der Waals surface area contributed by atoms with Crippen LogP contribution in [0.15, 0.2) is 71.5 Å². The molecule has 5 rings (SSSR count). The molecular formula is C24H23N3O3. The first-order chi connectivity index (χ1) is 14.7. The van der Waals surface area contributed by atoms with Gasteiger partial charge in [0, 0.05) is 19.1 Å². The molecule has 6 nitrogen and oxygen atoms in total. The van der Waals surface area contributed by atoms with Crippen LogP contribution in [0.1, 0.15) is 18.9 Å². The number of piperidine rings is 1. The topological polar surface area (TPSA) is 67.3 Å². The van der Waals surface area contributed by atoms with Gasteiger partial charge in [0.05, 0.1) is 11.0 Å². The van der Waals surface area contributed by atoms with Crippen LogP contribution in [0, 0.1) is 0 Å². The molecule has 1 aromatic heterocycles. The zero-order valence-electron chi connectivity index (χ0n) is 16.6. The van der Waals surface area contributed by atoms with Gasteiger partial charge in [-0.2, -0.15) is 0 Å². The molecule has 0 radical (unpaired) electrons. The van der Waals surface area contributed by atoms with E-state index in [9.17, 15) is 9.59 Å². The van der Waals surface area contributed by atoms with E-state index in [0.29, 0.717) is 18.8 Å². The smallest absolute Gasteiger partial charge is 0.326 e. The van der Waals surface area contributed by atoms with Gasteiger partial charge in [0.25, 0.3) is 5.91 Å². The van der Waals surface area contributed by atoms with Gasteiger partial charge in [0.2, 0.25) is 0 Å². The highest BCUT2D eigenvalue weighted by Gasteiger charge is 2.26. The molecule has 0 atom stereocenters. The quantitative estimate of drug-likeness (QED) is 0.567. The number of ether oxygens (including phenoxy) is 1. The molecule has 0 spiro atoms. The first kappa shape index (κ1) is 18.5. The summed E-state index contributed by atoms with van der Waals surface area (Å²) in [5, 5.41) is 2.23. The molecule has 4 aromatic rings. The van der Waals surface area contributed by atoms with Gasteiger partial charge in [-0.05, 0) is 47.9 Å². The normalized spacial score (nSPS) is 15.0. The Morgan fingerprint density at radius 2 is 1.70 bits per heavy atom. The first-order valence-electron chi connectivity index (χ1n) is 10.3. The van der Waals surface area contributed by atoms with Crippen molar-refractivity contribution in [2.24, 2.45) is 0 Å². The number of nitrogens with one attached hydrogen (secondary N) is 1. The lowest BCUT2D eigenvalue weighted by Crippen LogP contribution is -2.42. The molecular weight excluding hydrogens is 378 g/mol. The maximum absolute atomic E-state index is 12.6. The molecule has 30 heavy (non-hydrogen) atoms. The predicted octanol–water partition coefficient (Wildman–Crippen LogP) is 3.73. The lowest BCUT2D eigenvalue weighted by atomic mass is 10.0. The van der Waals surface area contributed by atoms with Gasteiger partial charge in [-0.15, -0.1) is 0 Å². The molecule has 1 amide bonds. The Kier molecular flexibility index (Phi) is 4.75. The van der Waals surface area contributed by atoms with Crippen molar-refractivity contribution in [3.8, 4) is 5.75 Å². The van der Waals surface area contributed by atoms with E-state index in [1.807, 2.05) is 76.2 Å². The van der Waals surface area contributed by atoms with Gasteiger partial charge in [-0.25, -0.2) is 4.79 Å². The number of fused-ring (bicyclic) bond motifs is 2.